The first kappa shape index (κ1) is 12.4. The molecule has 4 heteroatoms. The van der Waals surface area contributed by atoms with E-state index in [1.165, 1.54) is 12.1 Å². The maximum atomic E-state index is 13.1. The molecule has 1 heterocycles. The summed E-state index contributed by atoms with van der Waals surface area (Å²) in [5.41, 5.74) is 2.13. The van der Waals surface area contributed by atoms with Crippen molar-refractivity contribution in [2.24, 2.45) is 0 Å². The van der Waals surface area contributed by atoms with Crippen LogP contribution in [0.4, 0.5) is 4.39 Å². The van der Waals surface area contributed by atoms with Crippen LogP contribution in [0.5, 0.6) is 0 Å². The molecule has 0 aliphatic heterocycles. The summed E-state index contributed by atoms with van der Waals surface area (Å²) >= 11 is 0. The van der Waals surface area contributed by atoms with Crippen molar-refractivity contribution in [3.8, 4) is 0 Å². The quantitative estimate of drug-likeness (QED) is 0.752. The van der Waals surface area contributed by atoms with E-state index < -0.39 is 0 Å². The first-order valence-electron chi connectivity index (χ1n) is 6.33. The molecule has 100 valence electrons. The standard InChI is InChI=1S/C16H13FN2O/c17-13-5-1-3-11(9-13)10-19-16(20)14-6-2-4-12-7-8-18-15(12)14/h1-9,18H,10H2,(H,19,20). The number of hydrogen-bond donors (Lipinski definition) is 2. The molecule has 0 fully saturated rings. The number of fused-ring (bicyclic) bond motifs is 1. The summed E-state index contributed by atoms with van der Waals surface area (Å²) in [7, 11) is 0. The van der Waals surface area contributed by atoms with Gasteiger partial charge in [0, 0.05) is 18.1 Å². The van der Waals surface area contributed by atoms with Crippen molar-refractivity contribution in [1.82, 2.24) is 10.3 Å². The molecule has 0 saturated heterocycles. The highest BCUT2D eigenvalue weighted by atomic mass is 19.1. The number of carbonyl (C=O) groups is 1. The van der Waals surface area contributed by atoms with Crippen LogP contribution in [-0.2, 0) is 6.54 Å². The normalized spacial score (nSPS) is 10.7. The minimum atomic E-state index is -0.303. The van der Waals surface area contributed by atoms with Gasteiger partial charge in [0.15, 0.2) is 0 Å². The zero-order chi connectivity index (χ0) is 13.9. The van der Waals surface area contributed by atoms with Crippen LogP contribution < -0.4 is 5.32 Å². The lowest BCUT2D eigenvalue weighted by Crippen LogP contribution is -2.23. The molecule has 3 aromatic rings. The molecule has 2 N–H and O–H groups in total. The fourth-order valence-electron chi connectivity index (χ4n) is 2.20. The van der Waals surface area contributed by atoms with E-state index in [1.54, 1.807) is 24.4 Å². The van der Waals surface area contributed by atoms with Crippen LogP contribution in [0.2, 0.25) is 0 Å². The molecule has 0 aliphatic carbocycles. The Bertz CT molecular complexity index is 764. The highest BCUT2D eigenvalue weighted by Gasteiger charge is 2.10. The van der Waals surface area contributed by atoms with E-state index >= 15 is 0 Å². The van der Waals surface area contributed by atoms with E-state index in [9.17, 15) is 9.18 Å². The van der Waals surface area contributed by atoms with Crippen molar-refractivity contribution in [2.75, 3.05) is 0 Å². The van der Waals surface area contributed by atoms with Gasteiger partial charge in [-0.15, -0.1) is 0 Å². The first-order valence-corrected chi connectivity index (χ1v) is 6.33. The minimum Gasteiger partial charge on any atom is -0.361 e. The number of rotatable bonds is 3. The average molecular weight is 268 g/mol. The molecule has 0 aliphatic rings. The zero-order valence-corrected chi connectivity index (χ0v) is 10.7. The number of H-pyrrole nitrogens is 1. The van der Waals surface area contributed by atoms with Crippen LogP contribution in [0, 0.1) is 5.82 Å². The molecule has 0 spiro atoms. The number of amides is 1. The first-order chi connectivity index (χ1) is 9.74. The summed E-state index contributed by atoms with van der Waals surface area (Å²) in [5, 5.41) is 3.79. The summed E-state index contributed by atoms with van der Waals surface area (Å²) in [4.78, 5) is 15.2. The van der Waals surface area contributed by atoms with Gasteiger partial charge in [-0.25, -0.2) is 4.39 Å². The lowest BCUT2D eigenvalue weighted by atomic mass is 10.1. The lowest BCUT2D eigenvalue weighted by Gasteiger charge is -2.06. The Hall–Kier alpha value is -2.62. The Morgan fingerprint density at radius 1 is 1.15 bits per heavy atom. The van der Waals surface area contributed by atoms with Crippen molar-refractivity contribution in [3.05, 3.63) is 71.7 Å². The molecule has 3 rings (SSSR count). The highest BCUT2D eigenvalue weighted by Crippen LogP contribution is 2.16. The third kappa shape index (κ3) is 2.40. The summed E-state index contributed by atoms with van der Waals surface area (Å²) < 4.78 is 13.1. The van der Waals surface area contributed by atoms with Crippen LogP contribution >= 0.6 is 0 Å². The van der Waals surface area contributed by atoms with E-state index in [2.05, 4.69) is 10.3 Å². The highest BCUT2D eigenvalue weighted by molar-refractivity contribution is 6.05. The maximum Gasteiger partial charge on any atom is 0.253 e. The molecule has 0 unspecified atom stereocenters. The number of aromatic nitrogens is 1. The van der Waals surface area contributed by atoms with Crippen molar-refractivity contribution in [3.63, 3.8) is 0 Å². The van der Waals surface area contributed by atoms with Gasteiger partial charge in [-0.1, -0.05) is 24.3 Å². The summed E-state index contributed by atoms with van der Waals surface area (Å²) in [6.45, 7) is 0.299. The van der Waals surface area contributed by atoms with Crippen molar-refractivity contribution >= 4 is 16.8 Å². The lowest BCUT2D eigenvalue weighted by molar-refractivity contribution is 0.0952. The molecule has 3 nitrogen and oxygen atoms in total. The third-order valence-corrected chi connectivity index (χ3v) is 3.17. The fraction of sp³-hybridized carbons (Fsp3) is 0.0625. The van der Waals surface area contributed by atoms with E-state index in [-0.39, 0.29) is 11.7 Å². The second kappa shape index (κ2) is 5.17. The Morgan fingerprint density at radius 2 is 2.00 bits per heavy atom. The number of hydrogen-bond acceptors (Lipinski definition) is 1. The Labute approximate surface area is 115 Å². The fourth-order valence-corrected chi connectivity index (χ4v) is 2.20. The van der Waals surface area contributed by atoms with Crippen LogP contribution in [0.3, 0.4) is 0 Å². The number of benzene rings is 2. The van der Waals surface area contributed by atoms with E-state index in [0.717, 1.165) is 16.5 Å². The maximum absolute atomic E-state index is 13.1. The smallest absolute Gasteiger partial charge is 0.253 e. The Kier molecular flexibility index (Phi) is 3.21. The molecule has 20 heavy (non-hydrogen) atoms. The third-order valence-electron chi connectivity index (χ3n) is 3.17. The van der Waals surface area contributed by atoms with Crippen molar-refractivity contribution in [2.45, 2.75) is 6.54 Å². The molecular weight excluding hydrogens is 255 g/mol. The van der Waals surface area contributed by atoms with Gasteiger partial charge in [0.25, 0.3) is 5.91 Å². The second-order valence-corrected chi connectivity index (χ2v) is 4.56. The van der Waals surface area contributed by atoms with Gasteiger partial charge in [0.1, 0.15) is 5.82 Å². The van der Waals surface area contributed by atoms with Crippen LogP contribution in [0.25, 0.3) is 10.9 Å². The van der Waals surface area contributed by atoms with Crippen LogP contribution in [0.1, 0.15) is 15.9 Å². The molecule has 0 bridgehead atoms. The van der Waals surface area contributed by atoms with E-state index in [4.69, 9.17) is 0 Å². The molecule has 1 aromatic heterocycles. The Morgan fingerprint density at radius 3 is 2.85 bits per heavy atom. The molecule has 0 saturated carbocycles. The molecule has 0 radical (unpaired) electrons. The predicted molar refractivity (Wildman–Crippen MR) is 75.9 cm³/mol. The predicted octanol–water partition coefficient (Wildman–Crippen LogP) is 3.24. The number of aromatic amines is 1. The number of nitrogens with one attached hydrogen (secondary N) is 2. The summed E-state index contributed by atoms with van der Waals surface area (Å²) in [6, 6.07) is 13.7. The van der Waals surface area contributed by atoms with Gasteiger partial charge < -0.3 is 10.3 Å². The van der Waals surface area contributed by atoms with Gasteiger partial charge in [-0.3, -0.25) is 4.79 Å². The van der Waals surface area contributed by atoms with Gasteiger partial charge in [-0.05, 0) is 29.8 Å². The van der Waals surface area contributed by atoms with Gasteiger partial charge in [0.2, 0.25) is 0 Å². The average Bonchev–Trinajstić information content (AvgIpc) is 2.93. The monoisotopic (exact) mass is 268 g/mol. The molecule has 2 aromatic carbocycles. The number of carbonyl (C=O) groups excluding carboxylic acids is 1. The zero-order valence-electron chi connectivity index (χ0n) is 10.7. The molecule has 0 atom stereocenters. The SMILES string of the molecule is O=C(NCc1cccc(F)c1)c1cccc2cc[nH]c12. The van der Waals surface area contributed by atoms with E-state index in [1.807, 2.05) is 18.2 Å². The van der Waals surface area contributed by atoms with Crippen LogP contribution in [-0.4, -0.2) is 10.9 Å². The molecular formula is C16H13FN2O. The summed E-state index contributed by atoms with van der Waals surface area (Å²) in [5.74, 6) is -0.481. The van der Waals surface area contributed by atoms with Crippen molar-refractivity contribution < 1.29 is 9.18 Å². The minimum absolute atomic E-state index is 0.178. The van der Waals surface area contributed by atoms with Gasteiger partial charge in [-0.2, -0.15) is 0 Å². The number of para-hydroxylation sites is 1. The molecule has 1 amide bonds. The van der Waals surface area contributed by atoms with E-state index in [0.29, 0.717) is 12.1 Å². The van der Waals surface area contributed by atoms with Gasteiger partial charge in [0.05, 0.1) is 11.1 Å². The van der Waals surface area contributed by atoms with Crippen molar-refractivity contribution in [1.29, 1.82) is 0 Å². The Balaban J connectivity index is 1.78. The number of halogens is 1. The van der Waals surface area contributed by atoms with Gasteiger partial charge >= 0.3 is 0 Å². The largest absolute Gasteiger partial charge is 0.361 e. The topological polar surface area (TPSA) is 44.9 Å². The summed E-state index contributed by atoms with van der Waals surface area (Å²) in [6.07, 6.45) is 1.80. The van der Waals surface area contributed by atoms with Crippen LogP contribution in [0.15, 0.2) is 54.7 Å². The second-order valence-electron chi connectivity index (χ2n) is 4.56.